The summed E-state index contributed by atoms with van der Waals surface area (Å²) in [5, 5.41) is 3.37. The van der Waals surface area contributed by atoms with E-state index in [-0.39, 0.29) is 5.82 Å². The van der Waals surface area contributed by atoms with Crippen molar-refractivity contribution in [1.29, 1.82) is 0 Å². The van der Waals surface area contributed by atoms with Gasteiger partial charge in [-0.2, -0.15) is 0 Å². The second-order valence-electron chi connectivity index (χ2n) is 4.94. The minimum atomic E-state index is -0.184. The molecule has 3 nitrogen and oxygen atoms in total. The number of benzene rings is 1. The number of aryl methyl sites for hydroxylation is 1. The number of rotatable bonds is 3. The van der Waals surface area contributed by atoms with Gasteiger partial charge in [-0.15, -0.1) is 0 Å². The van der Waals surface area contributed by atoms with Crippen molar-refractivity contribution in [3.8, 4) is 0 Å². The summed E-state index contributed by atoms with van der Waals surface area (Å²) in [6, 6.07) is 4.87. The van der Waals surface area contributed by atoms with E-state index in [4.69, 9.17) is 4.98 Å². The highest BCUT2D eigenvalue weighted by Crippen LogP contribution is 2.26. The maximum absolute atomic E-state index is 13.4. The summed E-state index contributed by atoms with van der Waals surface area (Å²) in [5.41, 5.74) is 1.84. The standard InChI is InChI=1S/C14H18FN3/c1-2-7-18-13-8-11(15)3-4-12(13)17-14(18)10-5-6-16-9-10/h3-4,8,10,16H,2,5-7,9H2,1H3. The monoisotopic (exact) mass is 247 g/mol. The number of fused-ring (bicyclic) bond motifs is 1. The number of imidazole rings is 1. The Hall–Kier alpha value is -1.42. The van der Waals surface area contributed by atoms with Crippen LogP contribution in [0.3, 0.4) is 0 Å². The first-order chi connectivity index (χ1) is 8.79. The molecule has 2 aromatic rings. The molecule has 1 aromatic heterocycles. The molecular weight excluding hydrogens is 229 g/mol. The molecule has 1 aliphatic heterocycles. The van der Waals surface area contributed by atoms with Crippen LogP contribution in [-0.4, -0.2) is 22.6 Å². The van der Waals surface area contributed by atoms with Crippen molar-refractivity contribution in [3.63, 3.8) is 0 Å². The fourth-order valence-electron chi connectivity index (χ4n) is 2.76. The molecular formula is C14H18FN3. The molecule has 1 unspecified atom stereocenters. The molecule has 0 bridgehead atoms. The molecule has 0 radical (unpaired) electrons. The van der Waals surface area contributed by atoms with E-state index >= 15 is 0 Å². The third-order valence-electron chi connectivity index (χ3n) is 3.61. The Kier molecular flexibility index (Phi) is 3.04. The molecule has 1 aliphatic rings. The van der Waals surface area contributed by atoms with E-state index in [0.717, 1.165) is 49.3 Å². The lowest BCUT2D eigenvalue weighted by atomic mass is 10.1. The van der Waals surface area contributed by atoms with Gasteiger partial charge < -0.3 is 9.88 Å². The molecule has 1 saturated heterocycles. The van der Waals surface area contributed by atoms with Gasteiger partial charge in [0.2, 0.25) is 0 Å². The van der Waals surface area contributed by atoms with Crippen molar-refractivity contribution in [2.75, 3.05) is 13.1 Å². The summed E-state index contributed by atoms with van der Waals surface area (Å²) in [4.78, 5) is 4.71. The number of nitrogens with one attached hydrogen (secondary N) is 1. The Balaban J connectivity index is 2.13. The van der Waals surface area contributed by atoms with Gasteiger partial charge >= 0.3 is 0 Å². The van der Waals surface area contributed by atoms with Gasteiger partial charge in [-0.1, -0.05) is 6.92 Å². The average Bonchev–Trinajstić information content (AvgIpc) is 2.98. The van der Waals surface area contributed by atoms with Gasteiger partial charge in [0.25, 0.3) is 0 Å². The van der Waals surface area contributed by atoms with Crippen LogP contribution in [0.2, 0.25) is 0 Å². The molecule has 0 spiro atoms. The zero-order chi connectivity index (χ0) is 12.5. The lowest BCUT2D eigenvalue weighted by Crippen LogP contribution is -2.12. The molecule has 1 N–H and O–H groups in total. The molecule has 1 aromatic carbocycles. The minimum absolute atomic E-state index is 0.184. The third-order valence-corrected chi connectivity index (χ3v) is 3.61. The smallest absolute Gasteiger partial charge is 0.125 e. The summed E-state index contributed by atoms with van der Waals surface area (Å²) in [5.74, 6) is 1.39. The second kappa shape index (κ2) is 4.69. The van der Waals surface area contributed by atoms with Crippen LogP contribution in [0.5, 0.6) is 0 Å². The average molecular weight is 247 g/mol. The summed E-state index contributed by atoms with van der Waals surface area (Å²) >= 11 is 0. The molecule has 4 heteroatoms. The number of halogens is 1. The van der Waals surface area contributed by atoms with Crippen molar-refractivity contribution < 1.29 is 4.39 Å². The van der Waals surface area contributed by atoms with E-state index < -0.39 is 0 Å². The lowest BCUT2D eigenvalue weighted by Gasteiger charge is -2.12. The molecule has 1 atom stereocenters. The predicted molar refractivity (Wildman–Crippen MR) is 70.2 cm³/mol. The zero-order valence-electron chi connectivity index (χ0n) is 10.6. The lowest BCUT2D eigenvalue weighted by molar-refractivity contribution is 0.597. The van der Waals surface area contributed by atoms with Crippen LogP contribution in [0.15, 0.2) is 18.2 Å². The summed E-state index contributed by atoms with van der Waals surface area (Å²) in [7, 11) is 0. The van der Waals surface area contributed by atoms with Crippen molar-refractivity contribution in [2.45, 2.75) is 32.2 Å². The first kappa shape index (κ1) is 11.7. The van der Waals surface area contributed by atoms with Crippen LogP contribution in [0.25, 0.3) is 11.0 Å². The van der Waals surface area contributed by atoms with Crippen molar-refractivity contribution >= 4 is 11.0 Å². The number of hydrogen-bond acceptors (Lipinski definition) is 2. The molecule has 3 rings (SSSR count). The van der Waals surface area contributed by atoms with Crippen LogP contribution in [0.1, 0.15) is 31.5 Å². The molecule has 18 heavy (non-hydrogen) atoms. The highest BCUT2D eigenvalue weighted by Gasteiger charge is 2.23. The zero-order valence-corrected chi connectivity index (χ0v) is 10.6. The highest BCUT2D eigenvalue weighted by atomic mass is 19.1. The summed E-state index contributed by atoms with van der Waals surface area (Å²) < 4.78 is 15.6. The Morgan fingerprint density at radius 2 is 2.39 bits per heavy atom. The first-order valence-electron chi connectivity index (χ1n) is 6.66. The fraction of sp³-hybridized carbons (Fsp3) is 0.500. The van der Waals surface area contributed by atoms with Gasteiger partial charge in [-0.25, -0.2) is 9.37 Å². The van der Waals surface area contributed by atoms with E-state index in [9.17, 15) is 4.39 Å². The first-order valence-corrected chi connectivity index (χ1v) is 6.66. The third kappa shape index (κ3) is 1.90. The maximum atomic E-state index is 13.4. The molecule has 0 aliphatic carbocycles. The van der Waals surface area contributed by atoms with Gasteiger partial charge in [-0.05, 0) is 37.6 Å². The molecule has 2 heterocycles. The Bertz CT molecular complexity index is 555. The minimum Gasteiger partial charge on any atom is -0.328 e. The van der Waals surface area contributed by atoms with Crippen LogP contribution in [0, 0.1) is 5.82 Å². The van der Waals surface area contributed by atoms with Crippen LogP contribution in [0.4, 0.5) is 4.39 Å². The second-order valence-corrected chi connectivity index (χ2v) is 4.94. The summed E-state index contributed by atoms with van der Waals surface area (Å²) in [6.45, 7) is 5.08. The van der Waals surface area contributed by atoms with E-state index in [1.165, 1.54) is 6.07 Å². The normalized spacial score (nSPS) is 19.8. The Labute approximate surface area is 106 Å². The van der Waals surface area contributed by atoms with Crippen LogP contribution in [-0.2, 0) is 6.54 Å². The van der Waals surface area contributed by atoms with E-state index in [0.29, 0.717) is 5.92 Å². The Morgan fingerprint density at radius 1 is 1.50 bits per heavy atom. The van der Waals surface area contributed by atoms with Gasteiger partial charge in [-0.3, -0.25) is 0 Å². The number of aromatic nitrogens is 2. The van der Waals surface area contributed by atoms with Crippen molar-refractivity contribution in [1.82, 2.24) is 14.9 Å². The maximum Gasteiger partial charge on any atom is 0.125 e. The topological polar surface area (TPSA) is 29.9 Å². The van der Waals surface area contributed by atoms with Gasteiger partial charge in [0.1, 0.15) is 11.6 Å². The van der Waals surface area contributed by atoms with Gasteiger partial charge in [0.15, 0.2) is 0 Å². The predicted octanol–water partition coefficient (Wildman–Crippen LogP) is 2.66. The number of hydrogen-bond donors (Lipinski definition) is 1. The van der Waals surface area contributed by atoms with Crippen molar-refractivity contribution in [3.05, 3.63) is 29.8 Å². The van der Waals surface area contributed by atoms with E-state index in [1.54, 1.807) is 12.1 Å². The molecule has 0 amide bonds. The van der Waals surface area contributed by atoms with Gasteiger partial charge in [0, 0.05) is 19.0 Å². The molecule has 1 fully saturated rings. The van der Waals surface area contributed by atoms with Gasteiger partial charge in [0.05, 0.1) is 11.0 Å². The van der Waals surface area contributed by atoms with E-state index in [1.807, 2.05) is 0 Å². The largest absolute Gasteiger partial charge is 0.328 e. The van der Waals surface area contributed by atoms with Crippen LogP contribution >= 0.6 is 0 Å². The highest BCUT2D eigenvalue weighted by molar-refractivity contribution is 5.76. The quantitative estimate of drug-likeness (QED) is 0.903. The summed E-state index contributed by atoms with van der Waals surface area (Å²) in [6.07, 6.45) is 2.16. The van der Waals surface area contributed by atoms with Crippen molar-refractivity contribution in [2.24, 2.45) is 0 Å². The van der Waals surface area contributed by atoms with E-state index in [2.05, 4.69) is 16.8 Å². The SMILES string of the molecule is CCCn1c(C2CCNC2)nc2ccc(F)cc21. The molecule has 96 valence electrons. The molecule has 0 saturated carbocycles. The Morgan fingerprint density at radius 3 is 3.11 bits per heavy atom. The number of nitrogens with zero attached hydrogens (tertiary/aromatic N) is 2. The van der Waals surface area contributed by atoms with Crippen LogP contribution < -0.4 is 5.32 Å². The fourth-order valence-corrected chi connectivity index (χ4v) is 2.76.